The number of aryl methyl sites for hydroxylation is 2. The highest BCUT2D eigenvalue weighted by atomic mass is 35.5. The van der Waals surface area contributed by atoms with Crippen LogP contribution in [0.1, 0.15) is 31.9 Å². The average Bonchev–Trinajstić information content (AvgIpc) is 2.94. The Morgan fingerprint density at radius 3 is 2.41 bits per heavy atom. The van der Waals surface area contributed by atoms with Crippen LogP contribution in [0.5, 0.6) is 11.5 Å². The molecule has 228 valence electrons. The molecule has 41 heavy (non-hydrogen) atoms. The quantitative estimate of drug-likeness (QED) is 0.0885. The lowest BCUT2D eigenvalue weighted by Gasteiger charge is -2.24. The number of methoxy groups -OCH3 is 1. The van der Waals surface area contributed by atoms with Gasteiger partial charge in [0.2, 0.25) is 0 Å². The van der Waals surface area contributed by atoms with E-state index in [1.807, 2.05) is 69.2 Å². The van der Waals surface area contributed by atoms with Gasteiger partial charge in [0, 0.05) is 19.6 Å². The molecule has 2 rings (SSSR count). The number of nitrogens with zero attached hydrogens (tertiary/aromatic N) is 2. The number of likely N-dealkylation sites (N-methyl/N-ethyl adjacent to an activating group) is 2. The van der Waals surface area contributed by atoms with Crippen LogP contribution in [0.25, 0.3) is 0 Å². The van der Waals surface area contributed by atoms with Gasteiger partial charge in [0.1, 0.15) is 35.0 Å². The lowest BCUT2D eigenvalue weighted by atomic mass is 10.0. The maximum Gasteiger partial charge on any atom is 0.377 e. The van der Waals surface area contributed by atoms with E-state index in [0.717, 1.165) is 29.9 Å². The van der Waals surface area contributed by atoms with Crippen molar-refractivity contribution >= 4 is 25.1 Å². The first-order chi connectivity index (χ1) is 19.5. The van der Waals surface area contributed by atoms with Crippen molar-refractivity contribution in [3.63, 3.8) is 0 Å². The Labute approximate surface area is 249 Å². The lowest BCUT2D eigenvalue weighted by molar-refractivity contribution is -0.126. The van der Waals surface area contributed by atoms with Crippen molar-refractivity contribution in [3.8, 4) is 11.5 Å². The molecule has 1 unspecified atom stereocenters. The predicted octanol–water partition coefficient (Wildman–Crippen LogP) is 5.96. The van der Waals surface area contributed by atoms with Crippen LogP contribution in [0.4, 0.5) is 0 Å². The smallest absolute Gasteiger partial charge is 0.377 e. The summed E-state index contributed by atoms with van der Waals surface area (Å²) in [5, 5.41) is -0.135. The largest absolute Gasteiger partial charge is 0.497 e. The zero-order valence-electron chi connectivity index (χ0n) is 25.2. The summed E-state index contributed by atoms with van der Waals surface area (Å²) >= 11 is 6.19. The highest BCUT2D eigenvalue weighted by molar-refractivity contribution is 7.53. The van der Waals surface area contributed by atoms with Gasteiger partial charge in [-0.05, 0) is 77.0 Å². The van der Waals surface area contributed by atoms with Gasteiger partial charge in [-0.1, -0.05) is 41.9 Å². The third kappa shape index (κ3) is 12.1. The van der Waals surface area contributed by atoms with E-state index in [9.17, 15) is 9.36 Å². The number of rotatable bonds is 18. The molecule has 2 aromatic rings. The van der Waals surface area contributed by atoms with Crippen molar-refractivity contribution < 1.29 is 32.6 Å². The lowest BCUT2D eigenvalue weighted by Crippen LogP contribution is -2.34. The van der Waals surface area contributed by atoms with Crippen LogP contribution >= 0.6 is 19.2 Å². The van der Waals surface area contributed by atoms with E-state index in [4.69, 9.17) is 34.9 Å². The second kappa shape index (κ2) is 17.4. The maximum absolute atomic E-state index is 12.9. The Morgan fingerprint density at radius 1 is 1.05 bits per heavy atom. The van der Waals surface area contributed by atoms with Gasteiger partial charge in [0.05, 0.1) is 13.8 Å². The minimum absolute atomic E-state index is 0.0353. The Morgan fingerprint density at radius 2 is 1.76 bits per heavy atom. The van der Waals surface area contributed by atoms with E-state index in [-0.39, 0.29) is 30.3 Å². The number of halogens is 1. The van der Waals surface area contributed by atoms with Crippen molar-refractivity contribution in [2.75, 3.05) is 60.9 Å². The first-order valence-electron chi connectivity index (χ1n) is 13.7. The summed E-state index contributed by atoms with van der Waals surface area (Å²) in [7, 11) is 1.91. The van der Waals surface area contributed by atoms with Crippen LogP contribution in [0.3, 0.4) is 0 Å². The number of ether oxygens (including phenoxy) is 3. The van der Waals surface area contributed by atoms with Crippen molar-refractivity contribution in [2.24, 2.45) is 0 Å². The van der Waals surface area contributed by atoms with E-state index in [2.05, 4.69) is 12.1 Å². The fourth-order valence-electron chi connectivity index (χ4n) is 4.04. The summed E-state index contributed by atoms with van der Waals surface area (Å²) in [6.45, 7) is 8.00. The molecular formula is C30H44ClN2O7P. The maximum atomic E-state index is 12.9. The average molecular weight is 611 g/mol. The molecule has 0 N–H and O–H groups in total. The van der Waals surface area contributed by atoms with Gasteiger partial charge in [-0.3, -0.25) is 9.32 Å². The van der Waals surface area contributed by atoms with Gasteiger partial charge >= 0.3 is 7.60 Å². The van der Waals surface area contributed by atoms with Crippen LogP contribution < -0.4 is 9.47 Å². The standard InChI is InChI=1S/C30H44ClN2O7P/c1-8-33(9-2)30(34)29(31)23(3)40-41(7,35)39-22-38-27(20-32(4)5)21-37-28-16-11-10-14-25(28)18-17-24-13-12-15-26(19-24)36-6/h10-16,19,27H,8-9,17-18,20-22H2,1-7H3/b29-23+/t27-,41?/m1/s1. The summed E-state index contributed by atoms with van der Waals surface area (Å²) in [5.41, 5.74) is 2.26. The fourth-order valence-corrected chi connectivity index (χ4v) is 5.15. The molecular weight excluding hydrogens is 567 g/mol. The van der Waals surface area contributed by atoms with Crippen molar-refractivity contribution in [1.29, 1.82) is 0 Å². The molecule has 11 heteroatoms. The van der Waals surface area contributed by atoms with E-state index in [1.54, 1.807) is 12.0 Å². The first kappa shape index (κ1) is 34.7. The fraction of sp³-hybridized carbons (Fsp3) is 0.500. The minimum Gasteiger partial charge on any atom is -0.497 e. The van der Waals surface area contributed by atoms with Gasteiger partial charge in [-0.2, -0.15) is 0 Å². The van der Waals surface area contributed by atoms with Crippen LogP contribution in [0.15, 0.2) is 59.3 Å². The van der Waals surface area contributed by atoms with Gasteiger partial charge in [-0.15, -0.1) is 0 Å². The highest BCUT2D eigenvalue weighted by Crippen LogP contribution is 2.46. The molecule has 0 spiro atoms. The third-order valence-electron chi connectivity index (χ3n) is 6.22. The molecule has 0 aliphatic heterocycles. The molecule has 2 aromatic carbocycles. The topological polar surface area (TPSA) is 86.8 Å². The number of amides is 1. The van der Waals surface area contributed by atoms with Crippen LogP contribution in [0.2, 0.25) is 0 Å². The Balaban J connectivity index is 1.97. The van der Waals surface area contributed by atoms with Crippen LogP contribution in [-0.4, -0.2) is 82.7 Å². The predicted molar refractivity (Wildman–Crippen MR) is 163 cm³/mol. The van der Waals surface area contributed by atoms with Crippen molar-refractivity contribution in [2.45, 2.75) is 39.7 Å². The molecule has 0 radical (unpaired) electrons. The molecule has 0 aliphatic rings. The Kier molecular flexibility index (Phi) is 14.7. The molecule has 0 heterocycles. The molecule has 0 saturated heterocycles. The van der Waals surface area contributed by atoms with Gasteiger partial charge in [-0.25, -0.2) is 4.57 Å². The highest BCUT2D eigenvalue weighted by Gasteiger charge is 2.25. The molecule has 9 nitrogen and oxygen atoms in total. The first-order valence-corrected chi connectivity index (χ1v) is 16.0. The molecule has 0 fully saturated rings. The van der Waals surface area contributed by atoms with E-state index in [1.165, 1.54) is 19.2 Å². The molecule has 0 bridgehead atoms. The third-order valence-corrected chi connectivity index (χ3v) is 7.83. The number of carbonyl (C=O) groups excluding carboxylic acids is 1. The summed E-state index contributed by atoms with van der Waals surface area (Å²) in [6, 6.07) is 16.0. The van der Waals surface area contributed by atoms with E-state index >= 15 is 0 Å². The summed E-state index contributed by atoms with van der Waals surface area (Å²) in [6.07, 6.45) is 1.27. The van der Waals surface area contributed by atoms with Crippen molar-refractivity contribution in [3.05, 3.63) is 70.4 Å². The van der Waals surface area contributed by atoms with E-state index < -0.39 is 13.5 Å². The SMILES string of the molecule is CCN(CC)C(=O)/C(Cl)=C(/C)OP(C)(=O)OCO[C@@H](COc1ccccc1CCc1cccc(OC)c1)CN(C)C. The number of hydrogen-bond acceptors (Lipinski definition) is 8. The van der Waals surface area contributed by atoms with Gasteiger partial charge in [0.25, 0.3) is 5.91 Å². The normalized spacial score (nSPS) is 14.2. The van der Waals surface area contributed by atoms with Gasteiger partial charge < -0.3 is 28.5 Å². The Bertz CT molecular complexity index is 1190. The van der Waals surface area contributed by atoms with Crippen LogP contribution in [0, 0.1) is 0 Å². The summed E-state index contributed by atoms with van der Waals surface area (Å²) in [5.74, 6) is 1.26. The summed E-state index contributed by atoms with van der Waals surface area (Å²) < 4.78 is 41.2. The number of carbonyl (C=O) groups is 1. The molecule has 0 aliphatic carbocycles. The number of benzene rings is 2. The molecule has 1 amide bonds. The Hall–Kier alpha value is -2.55. The molecule has 0 saturated carbocycles. The summed E-state index contributed by atoms with van der Waals surface area (Å²) in [4.78, 5) is 16.0. The minimum atomic E-state index is -3.61. The zero-order valence-corrected chi connectivity index (χ0v) is 26.9. The molecule has 0 aromatic heterocycles. The van der Waals surface area contributed by atoms with E-state index in [0.29, 0.717) is 19.6 Å². The number of hydrogen-bond donors (Lipinski definition) is 0. The second-order valence-corrected chi connectivity index (χ2v) is 12.1. The monoisotopic (exact) mass is 610 g/mol. The molecule has 2 atom stereocenters. The number of allylic oxidation sites excluding steroid dienone is 1. The van der Waals surface area contributed by atoms with Crippen molar-refractivity contribution in [1.82, 2.24) is 9.80 Å². The second-order valence-electron chi connectivity index (χ2n) is 9.78. The zero-order chi connectivity index (χ0) is 30.4. The number of para-hydroxylation sites is 1. The van der Waals surface area contributed by atoms with Gasteiger partial charge in [0.15, 0.2) is 6.79 Å². The van der Waals surface area contributed by atoms with Crippen LogP contribution in [-0.2, 0) is 36.0 Å².